The first kappa shape index (κ1) is 24.2. The summed E-state index contributed by atoms with van der Waals surface area (Å²) in [6, 6.07) is 42.5. The van der Waals surface area contributed by atoms with Gasteiger partial charge in [0, 0.05) is 27.7 Å². The standard InChI is InChI=1S/C39H26N4/c1-39(2)30-17-9-8-15-28(30)32-29(16-10-18-31(32)39)37-41-35-27-14-7-6-13-26(27)34-33(35)38(43-37)42-36(40-34)25-21-19-24(20-22-25)23-11-4-3-5-12-23/h3-22H,1-2H3. The third-order valence-corrected chi connectivity index (χ3v) is 9.09. The normalized spacial score (nSPS) is 13.5. The number of hydrogen-bond donors (Lipinski definition) is 0. The van der Waals surface area contributed by atoms with Crippen molar-refractivity contribution in [1.82, 2.24) is 19.9 Å². The number of rotatable bonds is 3. The molecule has 0 aliphatic heterocycles. The highest BCUT2D eigenvalue weighted by molar-refractivity contribution is 6.11. The molecule has 0 saturated carbocycles. The van der Waals surface area contributed by atoms with Gasteiger partial charge in [-0.25, -0.2) is 19.9 Å². The minimum Gasteiger partial charge on any atom is -0.227 e. The average Bonchev–Trinajstić information content (AvgIpc) is 3.51. The molecular formula is C39H26N4. The van der Waals surface area contributed by atoms with Gasteiger partial charge in [0.05, 0.1) is 16.8 Å². The topological polar surface area (TPSA) is 51.6 Å². The summed E-state index contributed by atoms with van der Waals surface area (Å²) in [5.41, 5.74) is 14.0. The SMILES string of the molecule is CC1(C)c2ccccc2-c2c(-c3nc4c5c(nc(-c6ccc(-c7ccccc7)cc6)nc5n3)-c3ccccc3-4)cccc21. The van der Waals surface area contributed by atoms with E-state index >= 15 is 0 Å². The van der Waals surface area contributed by atoms with Crippen LogP contribution in [0.2, 0.25) is 0 Å². The zero-order chi connectivity index (χ0) is 28.7. The summed E-state index contributed by atoms with van der Waals surface area (Å²) >= 11 is 0. The van der Waals surface area contributed by atoms with E-state index in [9.17, 15) is 0 Å². The van der Waals surface area contributed by atoms with Crippen LogP contribution in [0.25, 0.3) is 78.6 Å². The van der Waals surface area contributed by atoms with Crippen LogP contribution in [-0.4, -0.2) is 19.9 Å². The molecule has 4 heteroatoms. The smallest absolute Gasteiger partial charge is 0.168 e. The van der Waals surface area contributed by atoms with E-state index in [4.69, 9.17) is 19.9 Å². The molecule has 9 rings (SSSR count). The minimum atomic E-state index is -0.101. The van der Waals surface area contributed by atoms with Crippen molar-refractivity contribution < 1.29 is 0 Å². The molecule has 0 N–H and O–H groups in total. The third-order valence-electron chi connectivity index (χ3n) is 9.09. The summed E-state index contributed by atoms with van der Waals surface area (Å²) in [6.45, 7) is 4.60. The molecule has 2 aromatic heterocycles. The Labute approximate surface area is 249 Å². The summed E-state index contributed by atoms with van der Waals surface area (Å²) in [7, 11) is 0. The molecule has 0 atom stereocenters. The van der Waals surface area contributed by atoms with Crippen LogP contribution in [0.1, 0.15) is 25.0 Å². The van der Waals surface area contributed by atoms with Crippen molar-refractivity contribution in [3.8, 4) is 67.5 Å². The van der Waals surface area contributed by atoms with Crippen LogP contribution in [0, 0.1) is 0 Å². The van der Waals surface area contributed by atoms with E-state index in [-0.39, 0.29) is 5.41 Å². The molecule has 0 radical (unpaired) electrons. The third kappa shape index (κ3) is 3.44. The fourth-order valence-electron chi connectivity index (χ4n) is 6.95. The second kappa shape index (κ2) is 8.76. The van der Waals surface area contributed by atoms with Crippen molar-refractivity contribution in [2.75, 3.05) is 0 Å². The first-order valence-electron chi connectivity index (χ1n) is 14.7. The monoisotopic (exact) mass is 550 g/mol. The van der Waals surface area contributed by atoms with Gasteiger partial charge in [-0.2, -0.15) is 0 Å². The molecular weight excluding hydrogens is 524 g/mol. The van der Waals surface area contributed by atoms with Crippen molar-refractivity contribution >= 4 is 11.0 Å². The zero-order valence-corrected chi connectivity index (χ0v) is 23.8. The van der Waals surface area contributed by atoms with Gasteiger partial charge in [-0.3, -0.25) is 0 Å². The first-order chi connectivity index (χ1) is 21.1. The molecule has 0 unspecified atom stereocenters. The van der Waals surface area contributed by atoms with Crippen LogP contribution in [-0.2, 0) is 5.41 Å². The Morgan fingerprint density at radius 2 is 0.953 bits per heavy atom. The lowest BCUT2D eigenvalue weighted by molar-refractivity contribution is 0.660. The summed E-state index contributed by atoms with van der Waals surface area (Å²) in [5, 5.41) is 0.919. The number of aromatic nitrogens is 4. The van der Waals surface area contributed by atoms with Crippen LogP contribution >= 0.6 is 0 Å². The Balaban J connectivity index is 1.27. The van der Waals surface area contributed by atoms with Gasteiger partial charge in [-0.05, 0) is 33.4 Å². The van der Waals surface area contributed by atoms with Crippen molar-refractivity contribution in [3.05, 3.63) is 132 Å². The van der Waals surface area contributed by atoms with Crippen molar-refractivity contribution in [2.24, 2.45) is 0 Å². The molecule has 0 saturated heterocycles. The lowest BCUT2D eigenvalue weighted by Gasteiger charge is -2.21. The highest BCUT2D eigenvalue weighted by Crippen LogP contribution is 2.52. The van der Waals surface area contributed by atoms with Crippen molar-refractivity contribution in [3.63, 3.8) is 0 Å². The van der Waals surface area contributed by atoms with Gasteiger partial charge in [0.2, 0.25) is 0 Å². The quantitative estimate of drug-likeness (QED) is 0.220. The second-order valence-electron chi connectivity index (χ2n) is 11.9. The fraction of sp³-hybridized carbons (Fsp3) is 0.0769. The van der Waals surface area contributed by atoms with Crippen molar-refractivity contribution in [2.45, 2.75) is 19.3 Å². The van der Waals surface area contributed by atoms with Gasteiger partial charge in [0.1, 0.15) is 0 Å². The molecule has 4 nitrogen and oxygen atoms in total. The largest absolute Gasteiger partial charge is 0.227 e. The summed E-state index contributed by atoms with van der Waals surface area (Å²) in [4.78, 5) is 20.6. The van der Waals surface area contributed by atoms with Gasteiger partial charge in [0.15, 0.2) is 17.3 Å². The average molecular weight is 551 g/mol. The predicted octanol–water partition coefficient (Wildman–Crippen LogP) is 9.37. The molecule has 202 valence electrons. The van der Waals surface area contributed by atoms with Crippen LogP contribution < -0.4 is 0 Å². The highest BCUT2D eigenvalue weighted by atomic mass is 15.0. The number of nitrogens with zero attached hydrogens (tertiary/aromatic N) is 4. The lowest BCUT2D eigenvalue weighted by atomic mass is 9.82. The Hall–Kier alpha value is -5.48. The second-order valence-corrected chi connectivity index (χ2v) is 11.9. The molecule has 43 heavy (non-hydrogen) atoms. The molecule has 2 aliphatic carbocycles. The molecule has 0 bridgehead atoms. The summed E-state index contributed by atoms with van der Waals surface area (Å²) in [5.74, 6) is 1.36. The molecule has 7 aromatic rings. The van der Waals surface area contributed by atoms with E-state index in [1.54, 1.807) is 0 Å². The van der Waals surface area contributed by atoms with Crippen LogP contribution in [0.15, 0.2) is 121 Å². The Morgan fingerprint density at radius 1 is 0.419 bits per heavy atom. The predicted molar refractivity (Wildman–Crippen MR) is 173 cm³/mol. The maximum absolute atomic E-state index is 5.24. The van der Waals surface area contributed by atoms with Crippen LogP contribution in [0.5, 0.6) is 0 Å². The zero-order valence-electron chi connectivity index (χ0n) is 23.8. The van der Waals surface area contributed by atoms with E-state index in [1.807, 2.05) is 6.07 Å². The molecule has 5 aromatic carbocycles. The maximum atomic E-state index is 5.24. The van der Waals surface area contributed by atoms with Gasteiger partial charge in [-0.15, -0.1) is 0 Å². The van der Waals surface area contributed by atoms with Gasteiger partial charge < -0.3 is 0 Å². The molecule has 0 spiro atoms. The number of benzene rings is 5. The van der Waals surface area contributed by atoms with Crippen LogP contribution in [0.4, 0.5) is 0 Å². The van der Waals surface area contributed by atoms with E-state index in [0.29, 0.717) is 17.3 Å². The number of fused-ring (bicyclic) bond motifs is 6. The van der Waals surface area contributed by atoms with Crippen molar-refractivity contribution in [1.29, 1.82) is 0 Å². The lowest BCUT2D eigenvalue weighted by Crippen LogP contribution is -2.14. The minimum absolute atomic E-state index is 0.101. The Morgan fingerprint density at radius 3 is 1.70 bits per heavy atom. The van der Waals surface area contributed by atoms with Gasteiger partial charge >= 0.3 is 0 Å². The van der Waals surface area contributed by atoms with Gasteiger partial charge in [0.25, 0.3) is 0 Å². The van der Waals surface area contributed by atoms with Crippen LogP contribution in [0.3, 0.4) is 0 Å². The molecule has 2 heterocycles. The summed E-state index contributed by atoms with van der Waals surface area (Å²) in [6.07, 6.45) is 0. The molecule has 0 amide bonds. The van der Waals surface area contributed by atoms with E-state index in [2.05, 4.69) is 129 Å². The molecule has 0 fully saturated rings. The Bertz CT molecular complexity index is 2250. The maximum Gasteiger partial charge on any atom is 0.168 e. The summed E-state index contributed by atoms with van der Waals surface area (Å²) < 4.78 is 0. The highest BCUT2D eigenvalue weighted by Gasteiger charge is 2.37. The van der Waals surface area contributed by atoms with E-state index in [0.717, 1.165) is 44.6 Å². The molecule has 2 aliphatic rings. The fourth-order valence-corrected chi connectivity index (χ4v) is 6.95. The van der Waals surface area contributed by atoms with Gasteiger partial charge in [-0.1, -0.05) is 135 Å². The number of hydrogen-bond acceptors (Lipinski definition) is 4. The van der Waals surface area contributed by atoms with E-state index < -0.39 is 0 Å². The first-order valence-corrected chi connectivity index (χ1v) is 14.7. The van der Waals surface area contributed by atoms with E-state index in [1.165, 1.54) is 27.8 Å². The Kier molecular flexibility index (Phi) is 4.92.